The van der Waals surface area contributed by atoms with E-state index in [0.717, 1.165) is 51.7 Å². The Hall–Kier alpha value is -3.13. The molecule has 0 spiro atoms. The molecule has 4 aromatic rings. The summed E-state index contributed by atoms with van der Waals surface area (Å²) in [5.41, 5.74) is 2.19. The molecule has 5 nitrogen and oxygen atoms in total. The van der Waals surface area contributed by atoms with Gasteiger partial charge in [-0.1, -0.05) is 27.2 Å². The van der Waals surface area contributed by atoms with Crippen LogP contribution in [0.15, 0.2) is 66.7 Å². The Bertz CT molecular complexity index is 1500. The van der Waals surface area contributed by atoms with Crippen molar-refractivity contribution in [2.75, 3.05) is 26.2 Å². The Morgan fingerprint density at radius 2 is 1.59 bits per heavy atom. The van der Waals surface area contributed by atoms with Crippen LogP contribution in [0.3, 0.4) is 0 Å². The highest BCUT2D eigenvalue weighted by atomic mass is 32.1. The van der Waals surface area contributed by atoms with Crippen molar-refractivity contribution in [2.24, 2.45) is 0 Å². The lowest BCUT2D eigenvalue weighted by Crippen LogP contribution is -2.43. The molecular weight excluding hydrogens is 547 g/mol. The number of phenols is 1. The molecule has 1 saturated heterocycles. The van der Waals surface area contributed by atoms with Crippen molar-refractivity contribution in [1.29, 1.82) is 0 Å². The van der Waals surface area contributed by atoms with Crippen LogP contribution in [0.25, 0.3) is 20.5 Å². The molecule has 41 heavy (non-hydrogen) atoms. The van der Waals surface area contributed by atoms with Crippen molar-refractivity contribution >= 4 is 35.5 Å². The topological polar surface area (TPSA) is 59.0 Å². The number of hydrogen-bond acceptors (Lipinski definition) is 6. The van der Waals surface area contributed by atoms with Crippen LogP contribution in [0.5, 0.6) is 17.2 Å². The SMILES string of the molecule is CC(C)(C)[Si](C)(C)Oc1ccc2c(C(=O)c3ccc(OCCN4CCCCC4)cc3)c(-c3ccc(O)cc3)sc2c1. The van der Waals surface area contributed by atoms with Gasteiger partial charge in [-0.2, -0.15) is 0 Å². The van der Waals surface area contributed by atoms with E-state index in [9.17, 15) is 9.90 Å². The fourth-order valence-electron chi connectivity index (χ4n) is 4.95. The first-order chi connectivity index (χ1) is 19.5. The van der Waals surface area contributed by atoms with E-state index in [1.165, 1.54) is 19.3 Å². The number of hydrogen-bond donors (Lipinski definition) is 1. The van der Waals surface area contributed by atoms with E-state index >= 15 is 0 Å². The van der Waals surface area contributed by atoms with Crippen LogP contribution in [0.4, 0.5) is 0 Å². The number of aromatic hydroxyl groups is 1. The van der Waals surface area contributed by atoms with E-state index in [1.807, 2.05) is 48.5 Å². The smallest absolute Gasteiger partial charge is 0.250 e. The molecule has 1 aliphatic heterocycles. The van der Waals surface area contributed by atoms with Crippen molar-refractivity contribution in [2.45, 2.75) is 58.2 Å². The highest BCUT2D eigenvalue weighted by molar-refractivity contribution is 7.22. The van der Waals surface area contributed by atoms with E-state index < -0.39 is 8.32 Å². The number of thiophene rings is 1. The van der Waals surface area contributed by atoms with Gasteiger partial charge in [-0.25, -0.2) is 0 Å². The molecule has 0 unspecified atom stereocenters. The predicted molar refractivity (Wildman–Crippen MR) is 172 cm³/mol. The summed E-state index contributed by atoms with van der Waals surface area (Å²) in [6.07, 6.45) is 3.86. The Morgan fingerprint density at radius 1 is 0.927 bits per heavy atom. The zero-order valence-corrected chi connectivity index (χ0v) is 26.6. The van der Waals surface area contributed by atoms with Crippen LogP contribution >= 0.6 is 11.3 Å². The number of fused-ring (bicyclic) bond motifs is 1. The van der Waals surface area contributed by atoms with Gasteiger partial charge >= 0.3 is 0 Å². The van der Waals surface area contributed by atoms with Gasteiger partial charge in [-0.15, -0.1) is 11.3 Å². The van der Waals surface area contributed by atoms with Gasteiger partial charge in [0.2, 0.25) is 8.32 Å². The number of piperidine rings is 1. The average molecular weight is 588 g/mol. The maximum atomic E-state index is 14.0. The molecule has 0 bridgehead atoms. The Balaban J connectivity index is 1.43. The maximum Gasteiger partial charge on any atom is 0.250 e. The highest BCUT2D eigenvalue weighted by Gasteiger charge is 2.39. The van der Waals surface area contributed by atoms with E-state index in [-0.39, 0.29) is 16.6 Å². The molecule has 3 aromatic carbocycles. The van der Waals surface area contributed by atoms with Gasteiger partial charge in [0.15, 0.2) is 5.78 Å². The lowest BCUT2D eigenvalue weighted by Gasteiger charge is -2.36. The second-order valence-electron chi connectivity index (χ2n) is 12.5. The summed E-state index contributed by atoms with van der Waals surface area (Å²) >= 11 is 1.58. The number of carbonyl (C=O) groups excluding carboxylic acids is 1. The number of likely N-dealkylation sites (tertiary alicyclic amines) is 1. The Morgan fingerprint density at radius 3 is 2.24 bits per heavy atom. The van der Waals surface area contributed by atoms with Crippen LogP contribution < -0.4 is 9.16 Å². The number of carbonyl (C=O) groups is 1. The molecule has 1 aromatic heterocycles. The van der Waals surface area contributed by atoms with Gasteiger partial charge in [0.25, 0.3) is 0 Å². The molecule has 0 saturated carbocycles. The lowest BCUT2D eigenvalue weighted by molar-refractivity contribution is 0.104. The molecule has 216 valence electrons. The lowest BCUT2D eigenvalue weighted by atomic mass is 9.97. The van der Waals surface area contributed by atoms with Crippen molar-refractivity contribution in [1.82, 2.24) is 4.90 Å². The van der Waals surface area contributed by atoms with Crippen molar-refractivity contribution < 1.29 is 19.1 Å². The summed E-state index contributed by atoms with van der Waals surface area (Å²) in [6, 6.07) is 20.6. The van der Waals surface area contributed by atoms with Crippen LogP contribution in [0.1, 0.15) is 56.0 Å². The molecule has 0 atom stereocenters. The number of ketones is 1. The number of ether oxygens (including phenoxy) is 1. The fourth-order valence-corrected chi connectivity index (χ4v) is 7.21. The normalized spacial score (nSPS) is 14.8. The zero-order chi connectivity index (χ0) is 29.2. The molecule has 1 N–H and O–H groups in total. The summed E-state index contributed by atoms with van der Waals surface area (Å²) in [5.74, 6) is 1.79. The second-order valence-corrected chi connectivity index (χ2v) is 18.3. The summed E-state index contributed by atoms with van der Waals surface area (Å²) in [7, 11) is -2.01. The minimum absolute atomic E-state index is 0.0303. The van der Waals surface area contributed by atoms with Gasteiger partial charge in [0.1, 0.15) is 23.9 Å². The zero-order valence-electron chi connectivity index (χ0n) is 24.8. The Kier molecular flexibility index (Phi) is 8.59. The molecule has 2 heterocycles. The van der Waals surface area contributed by atoms with Crippen LogP contribution in [-0.4, -0.2) is 50.3 Å². The summed E-state index contributed by atoms with van der Waals surface area (Å²) in [6.45, 7) is 15.0. The predicted octanol–water partition coefficient (Wildman–Crippen LogP) is 8.75. The molecule has 0 amide bonds. The van der Waals surface area contributed by atoms with E-state index in [1.54, 1.807) is 23.5 Å². The fraction of sp³-hybridized carbons (Fsp3) is 0.382. The first-order valence-corrected chi connectivity index (χ1v) is 18.3. The third kappa shape index (κ3) is 6.69. The largest absolute Gasteiger partial charge is 0.543 e. The minimum Gasteiger partial charge on any atom is -0.543 e. The molecule has 7 heteroatoms. The van der Waals surface area contributed by atoms with Gasteiger partial charge in [-0.3, -0.25) is 9.69 Å². The monoisotopic (exact) mass is 587 g/mol. The molecule has 1 fully saturated rings. The van der Waals surface area contributed by atoms with E-state index in [2.05, 4.69) is 44.8 Å². The third-order valence-corrected chi connectivity index (χ3v) is 14.0. The van der Waals surface area contributed by atoms with Crippen molar-refractivity contribution in [3.8, 4) is 27.7 Å². The maximum absolute atomic E-state index is 14.0. The van der Waals surface area contributed by atoms with Gasteiger partial charge in [0.05, 0.1) is 0 Å². The van der Waals surface area contributed by atoms with Gasteiger partial charge in [0, 0.05) is 32.6 Å². The Labute approximate surface area is 248 Å². The number of phenolic OH excluding ortho intramolecular Hbond substituents is 1. The molecule has 0 aliphatic carbocycles. The first-order valence-electron chi connectivity index (χ1n) is 14.6. The molecule has 5 rings (SSSR count). The molecule has 0 radical (unpaired) electrons. The number of nitrogens with zero attached hydrogens (tertiary/aromatic N) is 1. The van der Waals surface area contributed by atoms with Crippen LogP contribution in [0.2, 0.25) is 18.1 Å². The third-order valence-electron chi connectivity index (χ3n) is 8.44. The van der Waals surface area contributed by atoms with Crippen molar-refractivity contribution in [3.63, 3.8) is 0 Å². The quantitative estimate of drug-likeness (QED) is 0.157. The molecule has 1 aliphatic rings. The van der Waals surface area contributed by atoms with Gasteiger partial charge < -0.3 is 14.3 Å². The van der Waals surface area contributed by atoms with Crippen LogP contribution in [-0.2, 0) is 0 Å². The van der Waals surface area contributed by atoms with E-state index in [4.69, 9.17) is 9.16 Å². The average Bonchev–Trinajstić information content (AvgIpc) is 3.32. The standard InChI is InChI=1S/C34H41NO4SSi/c1-34(2,3)41(4,5)39-28-17-18-29-30(23-28)40-33(25-9-13-26(36)14-10-25)31(29)32(37)24-11-15-27(16-12-24)38-22-21-35-19-7-6-8-20-35/h9-18,23,36H,6-8,19-22H2,1-5H3. The van der Waals surface area contributed by atoms with Crippen molar-refractivity contribution in [3.05, 3.63) is 77.9 Å². The van der Waals surface area contributed by atoms with Gasteiger partial charge in [-0.05, 0) is 116 Å². The number of benzene rings is 3. The summed E-state index contributed by atoms with van der Waals surface area (Å²) < 4.78 is 13.6. The summed E-state index contributed by atoms with van der Waals surface area (Å²) in [5, 5.41) is 10.9. The molecular formula is C34H41NO4SSi. The highest BCUT2D eigenvalue weighted by Crippen LogP contribution is 2.43. The second kappa shape index (κ2) is 12.0. The summed E-state index contributed by atoms with van der Waals surface area (Å²) in [4.78, 5) is 17.4. The minimum atomic E-state index is -2.01. The number of rotatable bonds is 9. The first kappa shape index (κ1) is 29.4. The van der Waals surface area contributed by atoms with E-state index in [0.29, 0.717) is 17.7 Å². The van der Waals surface area contributed by atoms with Crippen LogP contribution in [0, 0.1) is 0 Å².